The van der Waals surface area contributed by atoms with Crippen LogP contribution in [0.25, 0.3) is 10.4 Å². The highest BCUT2D eigenvalue weighted by Crippen LogP contribution is 2.37. The van der Waals surface area contributed by atoms with Gasteiger partial charge in [-0.1, -0.05) is 0 Å². The maximum absolute atomic E-state index is 13.6. The second kappa shape index (κ2) is 4.49. The standard InChI is InChI=1S/C14H9F3OS/c15-9-4-3-8(12(16)13(9)17)10-5-6-11(19-10)14(18)7-1-2-7/h3-7H,1-2H2. The molecule has 1 saturated carbocycles. The quantitative estimate of drug-likeness (QED) is 0.601. The lowest BCUT2D eigenvalue weighted by Crippen LogP contribution is -1.96. The predicted molar refractivity (Wildman–Crippen MR) is 66.7 cm³/mol. The van der Waals surface area contributed by atoms with Crippen molar-refractivity contribution in [2.75, 3.05) is 0 Å². The smallest absolute Gasteiger partial charge is 0.195 e. The molecule has 0 bridgehead atoms. The van der Waals surface area contributed by atoms with E-state index < -0.39 is 17.5 Å². The van der Waals surface area contributed by atoms with Gasteiger partial charge in [0.05, 0.1) is 4.88 Å². The summed E-state index contributed by atoms with van der Waals surface area (Å²) in [4.78, 5) is 12.8. The summed E-state index contributed by atoms with van der Waals surface area (Å²) in [6.07, 6.45) is 1.79. The van der Waals surface area contributed by atoms with Gasteiger partial charge in [0.25, 0.3) is 0 Å². The van der Waals surface area contributed by atoms with Crippen molar-refractivity contribution in [3.63, 3.8) is 0 Å². The van der Waals surface area contributed by atoms with E-state index in [-0.39, 0.29) is 17.3 Å². The number of rotatable bonds is 3. The van der Waals surface area contributed by atoms with Crippen molar-refractivity contribution in [3.8, 4) is 10.4 Å². The molecule has 3 rings (SSSR count). The van der Waals surface area contributed by atoms with Gasteiger partial charge in [0.1, 0.15) is 0 Å². The van der Waals surface area contributed by atoms with Crippen LogP contribution in [0, 0.1) is 23.4 Å². The molecule has 19 heavy (non-hydrogen) atoms. The molecule has 2 aromatic rings. The molecule has 1 aromatic heterocycles. The van der Waals surface area contributed by atoms with Crippen LogP contribution in [0.2, 0.25) is 0 Å². The molecule has 0 saturated heterocycles. The molecule has 1 fully saturated rings. The summed E-state index contributed by atoms with van der Waals surface area (Å²) in [7, 11) is 0. The minimum atomic E-state index is -1.49. The average molecular weight is 282 g/mol. The van der Waals surface area contributed by atoms with E-state index in [1.807, 2.05) is 0 Å². The minimum absolute atomic E-state index is 0.0150. The zero-order valence-corrected chi connectivity index (χ0v) is 10.6. The van der Waals surface area contributed by atoms with Crippen LogP contribution in [0.4, 0.5) is 13.2 Å². The van der Waals surface area contributed by atoms with Gasteiger partial charge in [-0.25, -0.2) is 13.2 Å². The fourth-order valence-corrected chi connectivity index (χ4v) is 2.92. The van der Waals surface area contributed by atoms with Crippen molar-refractivity contribution in [1.29, 1.82) is 0 Å². The van der Waals surface area contributed by atoms with Crippen molar-refractivity contribution in [3.05, 3.63) is 46.6 Å². The van der Waals surface area contributed by atoms with Crippen molar-refractivity contribution >= 4 is 17.1 Å². The van der Waals surface area contributed by atoms with Gasteiger partial charge in [0, 0.05) is 16.4 Å². The Kier molecular flexibility index (Phi) is 2.93. The lowest BCUT2D eigenvalue weighted by Gasteiger charge is -2.01. The van der Waals surface area contributed by atoms with E-state index in [4.69, 9.17) is 0 Å². The van der Waals surface area contributed by atoms with Crippen molar-refractivity contribution in [2.24, 2.45) is 5.92 Å². The van der Waals surface area contributed by atoms with Gasteiger partial charge in [0.15, 0.2) is 23.2 Å². The van der Waals surface area contributed by atoms with E-state index in [9.17, 15) is 18.0 Å². The van der Waals surface area contributed by atoms with Gasteiger partial charge < -0.3 is 0 Å². The van der Waals surface area contributed by atoms with Crippen molar-refractivity contribution in [2.45, 2.75) is 12.8 Å². The Bertz CT molecular complexity index is 659. The maximum atomic E-state index is 13.6. The molecule has 0 spiro atoms. The number of carbonyl (C=O) groups excluding carboxylic acids is 1. The van der Waals surface area contributed by atoms with Gasteiger partial charge in [-0.05, 0) is 37.1 Å². The van der Waals surface area contributed by atoms with Crippen LogP contribution in [0.3, 0.4) is 0 Å². The third-order valence-corrected chi connectivity index (χ3v) is 4.23. The van der Waals surface area contributed by atoms with E-state index in [0.29, 0.717) is 9.75 Å². The molecular weight excluding hydrogens is 273 g/mol. The molecule has 5 heteroatoms. The molecule has 1 nitrogen and oxygen atoms in total. The lowest BCUT2D eigenvalue weighted by molar-refractivity contribution is 0.0971. The normalized spacial score (nSPS) is 14.7. The van der Waals surface area contributed by atoms with Crippen LogP contribution in [0.1, 0.15) is 22.5 Å². The molecule has 0 unspecified atom stereocenters. The average Bonchev–Trinajstić information content (AvgIpc) is 3.14. The van der Waals surface area contributed by atoms with Crippen LogP contribution >= 0.6 is 11.3 Å². The maximum Gasteiger partial charge on any atom is 0.195 e. The molecule has 0 N–H and O–H groups in total. The Labute approximate surface area is 111 Å². The second-order valence-corrected chi connectivity index (χ2v) is 5.61. The summed E-state index contributed by atoms with van der Waals surface area (Å²) in [6, 6.07) is 5.25. The lowest BCUT2D eigenvalue weighted by atomic mass is 10.1. The molecule has 0 amide bonds. The molecule has 98 valence electrons. The first kappa shape index (κ1) is 12.4. The molecule has 1 aliphatic rings. The first-order chi connectivity index (χ1) is 9.08. The summed E-state index contributed by atoms with van der Waals surface area (Å²) in [5, 5.41) is 0. The van der Waals surface area contributed by atoms with E-state index in [2.05, 4.69) is 0 Å². The largest absolute Gasteiger partial charge is 0.293 e. The van der Waals surface area contributed by atoms with Crippen LogP contribution in [0.5, 0.6) is 0 Å². The highest BCUT2D eigenvalue weighted by Gasteiger charge is 2.31. The monoisotopic (exact) mass is 282 g/mol. The van der Waals surface area contributed by atoms with Gasteiger partial charge in [0.2, 0.25) is 0 Å². The highest BCUT2D eigenvalue weighted by molar-refractivity contribution is 7.17. The van der Waals surface area contributed by atoms with Crippen molar-refractivity contribution < 1.29 is 18.0 Å². The zero-order chi connectivity index (χ0) is 13.6. The molecular formula is C14H9F3OS. The molecule has 0 radical (unpaired) electrons. The summed E-state index contributed by atoms with van der Waals surface area (Å²) in [5.41, 5.74) is -0.0150. The van der Waals surface area contributed by atoms with Gasteiger partial charge in [-0.2, -0.15) is 0 Å². The van der Waals surface area contributed by atoms with Crippen LogP contribution in [-0.2, 0) is 0 Å². The third-order valence-electron chi connectivity index (χ3n) is 3.10. The molecule has 0 aliphatic heterocycles. The number of hydrogen-bond donors (Lipinski definition) is 0. The number of thiophene rings is 1. The van der Waals surface area contributed by atoms with Gasteiger partial charge in [-0.3, -0.25) is 4.79 Å². The Morgan fingerprint density at radius 2 is 1.79 bits per heavy atom. The summed E-state index contributed by atoms with van der Waals surface area (Å²) in [5.74, 6) is -3.78. The van der Waals surface area contributed by atoms with Crippen LogP contribution in [-0.4, -0.2) is 5.78 Å². The zero-order valence-electron chi connectivity index (χ0n) is 9.75. The number of halogens is 3. The first-order valence-electron chi connectivity index (χ1n) is 5.86. The topological polar surface area (TPSA) is 17.1 Å². The van der Waals surface area contributed by atoms with E-state index >= 15 is 0 Å². The number of carbonyl (C=O) groups is 1. The predicted octanol–water partition coefficient (Wildman–Crippen LogP) is 4.43. The summed E-state index contributed by atoms with van der Waals surface area (Å²) >= 11 is 1.11. The first-order valence-corrected chi connectivity index (χ1v) is 6.67. The molecule has 1 heterocycles. The Morgan fingerprint density at radius 3 is 2.47 bits per heavy atom. The molecule has 0 atom stereocenters. The Morgan fingerprint density at radius 1 is 1.05 bits per heavy atom. The highest BCUT2D eigenvalue weighted by atomic mass is 32.1. The fraction of sp³-hybridized carbons (Fsp3) is 0.214. The van der Waals surface area contributed by atoms with Crippen LogP contribution < -0.4 is 0 Å². The van der Waals surface area contributed by atoms with Gasteiger partial charge in [-0.15, -0.1) is 11.3 Å². The summed E-state index contributed by atoms with van der Waals surface area (Å²) in [6.45, 7) is 0. The SMILES string of the molecule is O=C(c1ccc(-c2ccc(F)c(F)c2F)s1)C1CC1. The van der Waals surface area contributed by atoms with E-state index in [1.54, 1.807) is 12.1 Å². The Hall–Kier alpha value is -1.62. The minimum Gasteiger partial charge on any atom is -0.293 e. The fourth-order valence-electron chi connectivity index (χ4n) is 1.88. The number of Topliss-reactive ketones (excluding diaryl/α,β-unsaturated/α-hetero) is 1. The number of ketones is 1. The number of hydrogen-bond acceptors (Lipinski definition) is 2. The number of benzene rings is 1. The van der Waals surface area contributed by atoms with Crippen molar-refractivity contribution in [1.82, 2.24) is 0 Å². The molecule has 1 aromatic carbocycles. The Balaban J connectivity index is 1.98. The third kappa shape index (κ3) is 2.18. The van der Waals surface area contributed by atoms with Gasteiger partial charge >= 0.3 is 0 Å². The van der Waals surface area contributed by atoms with Crippen LogP contribution in [0.15, 0.2) is 24.3 Å². The summed E-state index contributed by atoms with van der Waals surface area (Å²) < 4.78 is 39.7. The molecule has 1 aliphatic carbocycles. The van der Waals surface area contributed by atoms with E-state index in [0.717, 1.165) is 30.2 Å². The second-order valence-electron chi connectivity index (χ2n) is 4.53. The van der Waals surface area contributed by atoms with E-state index in [1.165, 1.54) is 6.07 Å².